The number of hydrogen-bond acceptors (Lipinski definition) is 4. The fraction of sp³-hybridized carbons (Fsp3) is 0.600. The molecule has 4 nitrogen and oxygen atoms in total. The Morgan fingerprint density at radius 3 is 2.50 bits per heavy atom. The summed E-state index contributed by atoms with van der Waals surface area (Å²) in [6.45, 7) is 5.85. The van der Waals surface area contributed by atoms with Crippen LogP contribution in [-0.4, -0.2) is 56.5 Å². The highest BCUT2D eigenvalue weighted by atomic mass is 19.4. The van der Waals surface area contributed by atoms with Crippen LogP contribution >= 0.6 is 0 Å². The van der Waals surface area contributed by atoms with Gasteiger partial charge in [0.25, 0.3) is 0 Å². The number of likely N-dealkylation sites (tertiary alicyclic amines) is 1. The molecule has 1 saturated heterocycles. The summed E-state index contributed by atoms with van der Waals surface area (Å²) in [6, 6.07) is 0.710. The van der Waals surface area contributed by atoms with Gasteiger partial charge < -0.3 is 15.5 Å². The molecule has 3 N–H and O–H groups in total. The second-order valence-corrected chi connectivity index (χ2v) is 7.31. The van der Waals surface area contributed by atoms with Crippen LogP contribution in [0.5, 0.6) is 0 Å². The minimum atomic E-state index is -4.55. The van der Waals surface area contributed by atoms with E-state index in [0.29, 0.717) is 26.1 Å². The summed E-state index contributed by atoms with van der Waals surface area (Å²) >= 11 is 0. The molecule has 0 unspecified atom stereocenters. The average molecular weight is 438 g/mol. The number of alkyl halides is 4. The van der Waals surface area contributed by atoms with Crippen LogP contribution in [0.3, 0.4) is 0 Å². The lowest BCUT2D eigenvalue weighted by Gasteiger charge is -2.25. The summed E-state index contributed by atoms with van der Waals surface area (Å²) in [6.07, 6.45) is -3.37. The number of likely N-dealkylation sites (N-methyl/N-ethyl adjacent to an activating group) is 1. The molecule has 0 aromatic heterocycles. The van der Waals surface area contributed by atoms with Crippen molar-refractivity contribution in [2.45, 2.75) is 38.0 Å². The Kier molecular flexibility index (Phi) is 8.84. The maximum atomic E-state index is 14.8. The summed E-state index contributed by atoms with van der Waals surface area (Å²) in [4.78, 5) is 2.07. The van der Waals surface area contributed by atoms with Gasteiger partial charge in [-0.2, -0.15) is 13.2 Å². The Morgan fingerprint density at radius 2 is 1.93 bits per heavy atom. The average Bonchev–Trinajstić information content (AvgIpc) is 3.08. The molecule has 0 bridgehead atoms. The van der Waals surface area contributed by atoms with Crippen molar-refractivity contribution in [1.82, 2.24) is 15.5 Å². The van der Waals surface area contributed by atoms with E-state index >= 15 is 0 Å². The van der Waals surface area contributed by atoms with Gasteiger partial charge in [-0.3, -0.25) is 9.71 Å². The smallest absolute Gasteiger partial charge is 0.388 e. The van der Waals surface area contributed by atoms with E-state index in [9.17, 15) is 26.3 Å². The monoisotopic (exact) mass is 438 g/mol. The van der Waals surface area contributed by atoms with Crippen molar-refractivity contribution in [3.05, 3.63) is 41.6 Å². The Hall–Kier alpha value is -1.94. The van der Waals surface area contributed by atoms with E-state index in [1.165, 1.54) is 0 Å². The van der Waals surface area contributed by atoms with Crippen LogP contribution in [0.25, 0.3) is 0 Å². The topological polar surface area (TPSA) is 39.3 Å². The number of anilines is 1. The summed E-state index contributed by atoms with van der Waals surface area (Å²) in [7, 11) is 0. The van der Waals surface area contributed by atoms with Gasteiger partial charge in [0.05, 0.1) is 19.3 Å². The van der Waals surface area contributed by atoms with Crippen molar-refractivity contribution in [2.75, 3.05) is 44.7 Å². The number of nitrogens with one attached hydrogen (secondary N) is 3. The zero-order valence-electron chi connectivity index (χ0n) is 16.9. The van der Waals surface area contributed by atoms with Gasteiger partial charge in [-0.05, 0) is 31.9 Å². The van der Waals surface area contributed by atoms with Gasteiger partial charge in [0.15, 0.2) is 0 Å². The van der Waals surface area contributed by atoms with E-state index < -0.39 is 42.6 Å². The van der Waals surface area contributed by atoms with Crippen LogP contribution in [0.15, 0.2) is 24.4 Å². The Balaban J connectivity index is 2.15. The standard InChI is InChI=1S/C20H28F6N4/c1-3-27-13(2)19(28-12-20(24,25)26)18-16(22)9-15(10-17(18)23)29-14-5-8-30(11-14)7-4-6-21/h9-10,14,19,27-29H,2-8,11-12H2,1H3/t14-,19-/m0/s1. The SMILES string of the molecule is C=C(NCC)[C@H](NCC(F)(F)F)c1c(F)cc(N[C@H]2CCN(CCCF)C2)cc1F. The van der Waals surface area contributed by atoms with Crippen molar-refractivity contribution in [2.24, 2.45) is 0 Å². The molecular weight excluding hydrogens is 410 g/mol. The number of benzene rings is 1. The molecule has 30 heavy (non-hydrogen) atoms. The molecule has 170 valence electrons. The van der Waals surface area contributed by atoms with Crippen molar-refractivity contribution in [1.29, 1.82) is 0 Å². The quantitative estimate of drug-likeness (QED) is 0.455. The first-order valence-corrected chi connectivity index (χ1v) is 9.91. The molecule has 0 saturated carbocycles. The number of hydrogen-bond donors (Lipinski definition) is 3. The molecule has 10 heteroatoms. The van der Waals surface area contributed by atoms with Crippen molar-refractivity contribution in [3.8, 4) is 0 Å². The molecular formula is C20H28F6N4. The van der Waals surface area contributed by atoms with Crippen LogP contribution < -0.4 is 16.0 Å². The van der Waals surface area contributed by atoms with Gasteiger partial charge in [-0.25, -0.2) is 8.78 Å². The fourth-order valence-electron chi connectivity index (χ4n) is 3.56. The second-order valence-electron chi connectivity index (χ2n) is 7.31. The summed E-state index contributed by atoms with van der Waals surface area (Å²) in [5.74, 6) is -1.94. The molecule has 2 atom stereocenters. The van der Waals surface area contributed by atoms with Gasteiger partial charge in [0.1, 0.15) is 11.6 Å². The maximum absolute atomic E-state index is 14.8. The Morgan fingerprint density at radius 1 is 1.27 bits per heavy atom. The molecule has 1 heterocycles. The molecule has 1 aromatic carbocycles. The Labute approximate surface area is 172 Å². The van der Waals surface area contributed by atoms with Crippen LogP contribution in [-0.2, 0) is 0 Å². The first-order valence-electron chi connectivity index (χ1n) is 9.91. The predicted molar refractivity (Wildman–Crippen MR) is 105 cm³/mol. The first kappa shape index (κ1) is 24.3. The van der Waals surface area contributed by atoms with E-state index in [0.717, 1.165) is 25.1 Å². The van der Waals surface area contributed by atoms with E-state index in [1.807, 2.05) is 0 Å². The van der Waals surface area contributed by atoms with Crippen molar-refractivity contribution >= 4 is 5.69 Å². The van der Waals surface area contributed by atoms with Crippen molar-refractivity contribution in [3.63, 3.8) is 0 Å². The first-order chi connectivity index (χ1) is 14.1. The summed E-state index contributed by atoms with van der Waals surface area (Å²) < 4.78 is 79.8. The number of nitrogens with zero attached hydrogens (tertiary/aromatic N) is 1. The largest absolute Gasteiger partial charge is 0.401 e. The van der Waals surface area contributed by atoms with E-state index in [-0.39, 0.29) is 17.4 Å². The summed E-state index contributed by atoms with van der Waals surface area (Å²) in [5.41, 5.74) is -0.277. The summed E-state index contributed by atoms with van der Waals surface area (Å²) in [5, 5.41) is 7.91. The van der Waals surface area contributed by atoms with Gasteiger partial charge in [-0.15, -0.1) is 0 Å². The third kappa shape index (κ3) is 7.09. The highest BCUT2D eigenvalue weighted by Gasteiger charge is 2.31. The minimum absolute atomic E-state index is 0.0413. The lowest BCUT2D eigenvalue weighted by molar-refractivity contribution is -0.125. The maximum Gasteiger partial charge on any atom is 0.401 e. The predicted octanol–water partition coefficient (Wildman–Crippen LogP) is 4.13. The normalized spacial score (nSPS) is 18.4. The number of halogens is 6. The highest BCUT2D eigenvalue weighted by Crippen LogP contribution is 2.29. The number of rotatable bonds is 11. The van der Waals surface area contributed by atoms with Crippen molar-refractivity contribution < 1.29 is 26.3 Å². The molecule has 0 spiro atoms. The molecule has 1 aromatic rings. The zero-order valence-corrected chi connectivity index (χ0v) is 16.9. The minimum Gasteiger partial charge on any atom is -0.388 e. The fourth-order valence-corrected chi connectivity index (χ4v) is 3.56. The third-order valence-electron chi connectivity index (χ3n) is 4.88. The van der Waals surface area contributed by atoms with E-state index in [4.69, 9.17) is 0 Å². The lowest BCUT2D eigenvalue weighted by atomic mass is 10.0. The lowest BCUT2D eigenvalue weighted by Crippen LogP contribution is -2.36. The molecule has 2 rings (SSSR count). The van der Waals surface area contributed by atoms with Crippen LogP contribution in [0, 0.1) is 11.6 Å². The molecule has 1 aliphatic rings. The highest BCUT2D eigenvalue weighted by molar-refractivity contribution is 5.48. The van der Waals surface area contributed by atoms with Gasteiger partial charge >= 0.3 is 6.18 Å². The van der Waals surface area contributed by atoms with Crippen LogP contribution in [0.4, 0.5) is 32.0 Å². The second kappa shape index (κ2) is 10.9. The van der Waals surface area contributed by atoms with E-state index in [1.54, 1.807) is 6.92 Å². The van der Waals surface area contributed by atoms with Gasteiger partial charge in [0, 0.05) is 49.2 Å². The Bertz CT molecular complexity index is 686. The van der Waals surface area contributed by atoms with Gasteiger partial charge in [-0.1, -0.05) is 6.58 Å². The van der Waals surface area contributed by atoms with Gasteiger partial charge in [0.2, 0.25) is 0 Å². The molecule has 0 radical (unpaired) electrons. The molecule has 1 fully saturated rings. The molecule has 0 aliphatic carbocycles. The zero-order chi connectivity index (χ0) is 22.3. The van der Waals surface area contributed by atoms with E-state index in [2.05, 4.69) is 27.4 Å². The molecule has 1 aliphatic heterocycles. The third-order valence-corrected chi connectivity index (χ3v) is 4.88. The van der Waals surface area contributed by atoms with Crippen LogP contribution in [0.2, 0.25) is 0 Å². The van der Waals surface area contributed by atoms with Crippen LogP contribution in [0.1, 0.15) is 31.4 Å². The molecule has 0 amide bonds.